The first-order chi connectivity index (χ1) is 10.8. The van der Waals surface area contributed by atoms with Crippen LogP contribution in [0.3, 0.4) is 0 Å². The maximum Gasteiger partial charge on any atom is 0.246 e. The minimum atomic E-state index is -0.165. The lowest BCUT2D eigenvalue weighted by molar-refractivity contribution is -0.116. The third-order valence-electron chi connectivity index (χ3n) is 2.89. The molecule has 0 saturated heterocycles. The third-order valence-corrected chi connectivity index (χ3v) is 2.89. The molecule has 3 rings (SSSR count). The number of anilines is 1. The van der Waals surface area contributed by atoms with Crippen LogP contribution in [0.25, 0.3) is 0 Å². The molecule has 0 atom stereocenters. The second-order valence-corrected chi connectivity index (χ2v) is 4.59. The van der Waals surface area contributed by atoms with Crippen LogP contribution in [0.1, 0.15) is 0 Å². The average Bonchev–Trinajstić information content (AvgIpc) is 3.03. The number of rotatable bonds is 5. The molecular formula is C16H14N4O2. The van der Waals surface area contributed by atoms with E-state index in [-0.39, 0.29) is 12.5 Å². The van der Waals surface area contributed by atoms with Crippen LogP contribution >= 0.6 is 0 Å². The Bertz CT molecular complexity index is 725. The van der Waals surface area contributed by atoms with Crippen molar-refractivity contribution in [2.45, 2.75) is 6.54 Å². The summed E-state index contributed by atoms with van der Waals surface area (Å²) in [7, 11) is 0. The quantitative estimate of drug-likeness (QED) is 0.785. The van der Waals surface area contributed by atoms with Crippen molar-refractivity contribution in [3.63, 3.8) is 0 Å². The molecule has 1 N–H and O–H groups in total. The first-order valence-electron chi connectivity index (χ1n) is 6.76. The van der Waals surface area contributed by atoms with Gasteiger partial charge in [-0.2, -0.15) is 0 Å². The Morgan fingerprint density at radius 3 is 2.45 bits per heavy atom. The zero-order valence-corrected chi connectivity index (χ0v) is 11.7. The second kappa shape index (κ2) is 6.53. The fraction of sp³-hybridized carbons (Fsp3) is 0.0625. The number of nitrogens with zero attached hydrogens (tertiary/aromatic N) is 3. The Kier molecular flexibility index (Phi) is 4.10. The number of carbonyl (C=O) groups excluding carboxylic acids is 1. The summed E-state index contributed by atoms with van der Waals surface area (Å²) >= 11 is 0. The molecule has 0 aliphatic heterocycles. The molecule has 22 heavy (non-hydrogen) atoms. The number of hydrogen-bond acceptors (Lipinski definition) is 4. The number of ether oxygens (including phenoxy) is 1. The van der Waals surface area contributed by atoms with Gasteiger partial charge in [0.15, 0.2) is 0 Å². The van der Waals surface area contributed by atoms with E-state index in [9.17, 15) is 4.79 Å². The Hall–Kier alpha value is -3.15. The van der Waals surface area contributed by atoms with Gasteiger partial charge in [0.25, 0.3) is 0 Å². The standard InChI is InChI=1S/C16H14N4O2/c21-16(12-20-11-10-17-19-20)18-13-6-8-15(9-7-13)22-14-4-2-1-3-5-14/h1-11H,12H2,(H,18,21). The Balaban J connectivity index is 1.58. The van der Waals surface area contributed by atoms with E-state index in [0.717, 1.165) is 5.75 Å². The summed E-state index contributed by atoms with van der Waals surface area (Å²) in [5.41, 5.74) is 0.700. The smallest absolute Gasteiger partial charge is 0.246 e. The zero-order valence-electron chi connectivity index (χ0n) is 11.7. The molecule has 0 fully saturated rings. The van der Waals surface area contributed by atoms with Crippen molar-refractivity contribution in [2.24, 2.45) is 0 Å². The molecule has 2 aromatic carbocycles. The number of aromatic nitrogens is 3. The second-order valence-electron chi connectivity index (χ2n) is 4.59. The largest absolute Gasteiger partial charge is 0.457 e. The van der Waals surface area contributed by atoms with E-state index in [2.05, 4.69) is 15.6 Å². The SMILES string of the molecule is O=C(Cn1ccnn1)Nc1ccc(Oc2ccccc2)cc1. The lowest BCUT2D eigenvalue weighted by Crippen LogP contribution is -2.19. The van der Waals surface area contributed by atoms with Gasteiger partial charge in [-0.25, -0.2) is 4.68 Å². The normalized spacial score (nSPS) is 10.2. The molecule has 0 spiro atoms. The van der Waals surface area contributed by atoms with E-state index in [1.165, 1.54) is 10.9 Å². The Labute approximate surface area is 127 Å². The van der Waals surface area contributed by atoms with Crippen LogP contribution in [-0.4, -0.2) is 20.9 Å². The minimum absolute atomic E-state index is 0.127. The van der Waals surface area contributed by atoms with E-state index < -0.39 is 0 Å². The van der Waals surface area contributed by atoms with Crippen molar-refractivity contribution in [3.05, 3.63) is 67.0 Å². The molecule has 3 aromatic rings. The number of amides is 1. The summed E-state index contributed by atoms with van der Waals surface area (Å²) in [6.07, 6.45) is 3.17. The van der Waals surface area contributed by atoms with Gasteiger partial charge >= 0.3 is 0 Å². The Morgan fingerprint density at radius 2 is 1.77 bits per heavy atom. The first kappa shape index (κ1) is 13.8. The highest BCUT2D eigenvalue weighted by Gasteiger charge is 2.04. The predicted molar refractivity (Wildman–Crippen MR) is 81.6 cm³/mol. The summed E-state index contributed by atoms with van der Waals surface area (Å²) < 4.78 is 7.15. The van der Waals surface area contributed by atoms with E-state index in [1.807, 2.05) is 30.3 Å². The van der Waals surface area contributed by atoms with Crippen LogP contribution in [0.4, 0.5) is 5.69 Å². The minimum Gasteiger partial charge on any atom is -0.457 e. The predicted octanol–water partition coefficient (Wildman–Crippen LogP) is 2.71. The number of para-hydroxylation sites is 1. The fourth-order valence-electron chi connectivity index (χ4n) is 1.90. The molecule has 0 saturated carbocycles. The van der Waals surface area contributed by atoms with Gasteiger partial charge in [0.2, 0.25) is 5.91 Å². The number of hydrogen-bond donors (Lipinski definition) is 1. The molecule has 0 aliphatic carbocycles. The van der Waals surface area contributed by atoms with Crippen molar-refractivity contribution < 1.29 is 9.53 Å². The topological polar surface area (TPSA) is 69.0 Å². The van der Waals surface area contributed by atoms with E-state index in [4.69, 9.17) is 4.74 Å². The van der Waals surface area contributed by atoms with E-state index in [1.54, 1.807) is 30.5 Å². The number of benzene rings is 2. The molecule has 0 radical (unpaired) electrons. The van der Waals surface area contributed by atoms with E-state index >= 15 is 0 Å². The van der Waals surface area contributed by atoms with Crippen LogP contribution in [0.2, 0.25) is 0 Å². The van der Waals surface area contributed by atoms with Gasteiger partial charge in [0.05, 0.1) is 6.20 Å². The van der Waals surface area contributed by atoms with Crippen molar-refractivity contribution >= 4 is 11.6 Å². The molecule has 1 aromatic heterocycles. The maximum absolute atomic E-state index is 11.8. The zero-order chi connectivity index (χ0) is 15.2. The summed E-state index contributed by atoms with van der Waals surface area (Å²) in [6.45, 7) is 0.127. The lowest BCUT2D eigenvalue weighted by atomic mass is 10.3. The van der Waals surface area contributed by atoms with Crippen molar-refractivity contribution in [3.8, 4) is 11.5 Å². The summed E-state index contributed by atoms with van der Waals surface area (Å²) in [5.74, 6) is 1.31. The van der Waals surface area contributed by atoms with Gasteiger partial charge in [-0.15, -0.1) is 5.10 Å². The highest BCUT2D eigenvalue weighted by molar-refractivity contribution is 5.90. The fourth-order valence-corrected chi connectivity index (χ4v) is 1.90. The average molecular weight is 294 g/mol. The summed E-state index contributed by atoms with van der Waals surface area (Å²) in [6, 6.07) is 16.7. The highest BCUT2D eigenvalue weighted by Crippen LogP contribution is 2.22. The number of nitrogens with one attached hydrogen (secondary N) is 1. The van der Waals surface area contributed by atoms with Crippen LogP contribution in [0.15, 0.2) is 67.0 Å². The molecule has 1 heterocycles. The number of carbonyl (C=O) groups is 1. The van der Waals surface area contributed by atoms with Gasteiger partial charge in [-0.05, 0) is 36.4 Å². The van der Waals surface area contributed by atoms with Crippen LogP contribution in [0.5, 0.6) is 11.5 Å². The summed E-state index contributed by atoms with van der Waals surface area (Å²) in [4.78, 5) is 11.8. The molecule has 0 aliphatic rings. The van der Waals surface area contributed by atoms with Gasteiger partial charge in [0, 0.05) is 11.9 Å². The van der Waals surface area contributed by atoms with E-state index in [0.29, 0.717) is 11.4 Å². The molecule has 6 heteroatoms. The summed E-state index contributed by atoms with van der Waals surface area (Å²) in [5, 5.41) is 10.2. The van der Waals surface area contributed by atoms with Crippen LogP contribution in [-0.2, 0) is 11.3 Å². The van der Waals surface area contributed by atoms with Gasteiger partial charge < -0.3 is 10.1 Å². The van der Waals surface area contributed by atoms with Gasteiger partial charge in [0.1, 0.15) is 18.0 Å². The van der Waals surface area contributed by atoms with Gasteiger partial charge in [-0.1, -0.05) is 23.4 Å². The van der Waals surface area contributed by atoms with Crippen LogP contribution < -0.4 is 10.1 Å². The van der Waals surface area contributed by atoms with Gasteiger partial charge in [-0.3, -0.25) is 4.79 Å². The molecule has 0 unspecified atom stereocenters. The highest BCUT2D eigenvalue weighted by atomic mass is 16.5. The Morgan fingerprint density at radius 1 is 1.05 bits per heavy atom. The first-order valence-corrected chi connectivity index (χ1v) is 6.76. The molecule has 6 nitrogen and oxygen atoms in total. The van der Waals surface area contributed by atoms with Crippen molar-refractivity contribution in [1.82, 2.24) is 15.0 Å². The molecule has 0 bridgehead atoms. The lowest BCUT2D eigenvalue weighted by Gasteiger charge is -2.08. The molecule has 1 amide bonds. The molecular weight excluding hydrogens is 280 g/mol. The monoisotopic (exact) mass is 294 g/mol. The van der Waals surface area contributed by atoms with Crippen molar-refractivity contribution in [1.29, 1.82) is 0 Å². The third kappa shape index (κ3) is 3.69. The van der Waals surface area contributed by atoms with Crippen LogP contribution in [0, 0.1) is 0 Å². The maximum atomic E-state index is 11.8. The van der Waals surface area contributed by atoms with Crippen molar-refractivity contribution in [2.75, 3.05) is 5.32 Å². The molecule has 110 valence electrons.